The number of rotatable bonds is 4. The SMILES string of the molecule is CCOC(=O)c1cc(O)c(I)cc1C(=O)OCC. The first kappa shape index (κ1) is 14.7. The molecule has 5 nitrogen and oxygen atoms in total. The topological polar surface area (TPSA) is 72.8 Å². The van der Waals surface area contributed by atoms with Gasteiger partial charge in [-0.25, -0.2) is 9.59 Å². The van der Waals surface area contributed by atoms with E-state index in [2.05, 4.69) is 0 Å². The minimum absolute atomic E-state index is 0.00761. The van der Waals surface area contributed by atoms with E-state index in [0.29, 0.717) is 3.57 Å². The lowest BCUT2D eigenvalue weighted by Gasteiger charge is -2.09. The van der Waals surface area contributed by atoms with Gasteiger partial charge in [-0.15, -0.1) is 0 Å². The van der Waals surface area contributed by atoms with Gasteiger partial charge >= 0.3 is 11.9 Å². The van der Waals surface area contributed by atoms with Crippen molar-refractivity contribution in [3.63, 3.8) is 0 Å². The van der Waals surface area contributed by atoms with Crippen LogP contribution in [0.25, 0.3) is 0 Å². The minimum atomic E-state index is -0.660. The summed E-state index contributed by atoms with van der Waals surface area (Å²) in [7, 11) is 0. The van der Waals surface area contributed by atoms with E-state index in [1.165, 1.54) is 12.1 Å². The molecule has 0 fully saturated rings. The van der Waals surface area contributed by atoms with Crippen LogP contribution < -0.4 is 0 Å². The third kappa shape index (κ3) is 3.34. The Labute approximate surface area is 118 Å². The summed E-state index contributed by atoms with van der Waals surface area (Å²) in [5, 5.41) is 9.59. The van der Waals surface area contributed by atoms with Crippen LogP contribution in [-0.4, -0.2) is 30.3 Å². The molecule has 0 spiro atoms. The fourth-order valence-corrected chi connectivity index (χ4v) is 1.78. The van der Waals surface area contributed by atoms with Gasteiger partial charge < -0.3 is 14.6 Å². The minimum Gasteiger partial charge on any atom is -0.507 e. The zero-order valence-electron chi connectivity index (χ0n) is 10.0. The van der Waals surface area contributed by atoms with Gasteiger partial charge in [-0.2, -0.15) is 0 Å². The van der Waals surface area contributed by atoms with Crippen LogP contribution in [0.2, 0.25) is 0 Å². The molecule has 0 saturated heterocycles. The van der Waals surface area contributed by atoms with E-state index in [9.17, 15) is 14.7 Å². The van der Waals surface area contributed by atoms with Crippen LogP contribution in [0.1, 0.15) is 34.6 Å². The van der Waals surface area contributed by atoms with Crippen LogP contribution >= 0.6 is 22.6 Å². The van der Waals surface area contributed by atoms with E-state index < -0.39 is 11.9 Å². The molecule has 0 aliphatic carbocycles. The highest BCUT2D eigenvalue weighted by Gasteiger charge is 2.21. The maximum absolute atomic E-state index is 11.7. The van der Waals surface area contributed by atoms with Gasteiger partial charge in [0.2, 0.25) is 0 Å². The molecule has 0 bridgehead atoms. The fraction of sp³-hybridized carbons (Fsp3) is 0.333. The van der Waals surface area contributed by atoms with Crippen LogP contribution in [0.15, 0.2) is 12.1 Å². The number of hydrogen-bond donors (Lipinski definition) is 1. The molecule has 0 saturated carbocycles. The standard InChI is InChI=1S/C12H13IO5/c1-3-17-11(15)7-5-9(13)10(14)6-8(7)12(16)18-4-2/h5-6,14H,3-4H2,1-2H3. The highest BCUT2D eigenvalue weighted by atomic mass is 127. The lowest BCUT2D eigenvalue weighted by Crippen LogP contribution is -2.14. The normalized spacial score (nSPS) is 9.94. The Morgan fingerprint density at radius 2 is 1.56 bits per heavy atom. The lowest BCUT2D eigenvalue weighted by atomic mass is 10.1. The van der Waals surface area contributed by atoms with E-state index in [4.69, 9.17) is 9.47 Å². The molecule has 0 heterocycles. The number of phenolic OH excluding ortho intramolecular Hbond substituents is 1. The molecule has 0 atom stereocenters. The highest BCUT2D eigenvalue weighted by Crippen LogP contribution is 2.25. The van der Waals surface area contributed by atoms with Crippen molar-refractivity contribution >= 4 is 34.5 Å². The molecular weight excluding hydrogens is 351 g/mol. The van der Waals surface area contributed by atoms with E-state index in [1.54, 1.807) is 13.8 Å². The van der Waals surface area contributed by atoms with Crippen molar-refractivity contribution in [2.24, 2.45) is 0 Å². The first-order valence-electron chi connectivity index (χ1n) is 5.38. The molecule has 6 heteroatoms. The van der Waals surface area contributed by atoms with Crippen LogP contribution in [0, 0.1) is 3.57 Å². The van der Waals surface area contributed by atoms with E-state index in [1.807, 2.05) is 22.6 Å². The summed E-state index contributed by atoms with van der Waals surface area (Å²) < 4.78 is 10.2. The molecule has 1 N–H and O–H groups in total. The zero-order valence-corrected chi connectivity index (χ0v) is 12.2. The number of carbonyl (C=O) groups is 2. The average molecular weight is 364 g/mol. The average Bonchev–Trinajstić information content (AvgIpc) is 2.32. The third-order valence-electron chi connectivity index (χ3n) is 2.08. The van der Waals surface area contributed by atoms with Crippen molar-refractivity contribution < 1.29 is 24.2 Å². The van der Waals surface area contributed by atoms with Crippen molar-refractivity contribution in [1.29, 1.82) is 0 Å². The number of hydrogen-bond acceptors (Lipinski definition) is 5. The van der Waals surface area contributed by atoms with Gasteiger partial charge in [0.1, 0.15) is 5.75 Å². The van der Waals surface area contributed by atoms with Crippen LogP contribution in [0.3, 0.4) is 0 Å². The van der Waals surface area contributed by atoms with Gasteiger partial charge in [-0.3, -0.25) is 0 Å². The molecule has 1 aromatic carbocycles. The first-order valence-corrected chi connectivity index (χ1v) is 6.45. The second kappa shape index (κ2) is 6.58. The first-order chi connectivity index (χ1) is 8.51. The maximum Gasteiger partial charge on any atom is 0.339 e. The van der Waals surface area contributed by atoms with Gasteiger partial charge in [0.05, 0.1) is 27.9 Å². The number of benzene rings is 1. The monoisotopic (exact) mass is 364 g/mol. The van der Waals surface area contributed by atoms with Gasteiger partial charge in [-0.05, 0) is 48.6 Å². The lowest BCUT2D eigenvalue weighted by molar-refractivity contribution is 0.0478. The number of esters is 2. The van der Waals surface area contributed by atoms with E-state index >= 15 is 0 Å². The molecule has 0 radical (unpaired) electrons. The summed E-state index contributed by atoms with van der Waals surface area (Å²) in [6.07, 6.45) is 0. The summed E-state index contributed by atoms with van der Waals surface area (Å²) in [6, 6.07) is 2.62. The Kier molecular flexibility index (Phi) is 5.39. The summed E-state index contributed by atoms with van der Waals surface area (Å²) in [6.45, 7) is 3.73. The molecule has 1 rings (SSSR count). The Bertz CT molecular complexity index is 427. The molecule has 1 aromatic rings. The van der Waals surface area contributed by atoms with Gasteiger partial charge in [-0.1, -0.05) is 0 Å². The Balaban J connectivity index is 3.25. The molecule has 98 valence electrons. The molecule has 0 unspecified atom stereocenters. The quantitative estimate of drug-likeness (QED) is 0.656. The molecule has 0 aromatic heterocycles. The Hall–Kier alpha value is -1.31. The predicted molar refractivity (Wildman–Crippen MR) is 72.7 cm³/mol. The van der Waals surface area contributed by atoms with Crippen molar-refractivity contribution in [3.8, 4) is 5.75 Å². The smallest absolute Gasteiger partial charge is 0.339 e. The predicted octanol–water partition coefficient (Wildman–Crippen LogP) is 2.35. The van der Waals surface area contributed by atoms with Crippen molar-refractivity contribution in [3.05, 3.63) is 26.8 Å². The number of halogens is 1. The maximum atomic E-state index is 11.7. The fourth-order valence-electron chi connectivity index (χ4n) is 1.32. The van der Waals surface area contributed by atoms with Crippen molar-refractivity contribution in [2.45, 2.75) is 13.8 Å². The largest absolute Gasteiger partial charge is 0.507 e. The highest BCUT2D eigenvalue weighted by molar-refractivity contribution is 14.1. The number of ether oxygens (including phenoxy) is 2. The Morgan fingerprint density at radius 3 is 2.00 bits per heavy atom. The number of aromatic hydroxyl groups is 1. The molecule has 18 heavy (non-hydrogen) atoms. The summed E-state index contributed by atoms with van der Waals surface area (Å²) in [5.74, 6) is -1.35. The van der Waals surface area contributed by atoms with Crippen LogP contribution in [-0.2, 0) is 9.47 Å². The van der Waals surface area contributed by atoms with Crippen LogP contribution in [0.5, 0.6) is 5.75 Å². The van der Waals surface area contributed by atoms with E-state index in [0.717, 1.165) is 0 Å². The number of carbonyl (C=O) groups excluding carboxylic acids is 2. The Morgan fingerprint density at radius 1 is 1.11 bits per heavy atom. The molecule has 0 amide bonds. The third-order valence-corrected chi connectivity index (χ3v) is 2.94. The zero-order chi connectivity index (χ0) is 13.7. The molecule has 0 aliphatic rings. The van der Waals surface area contributed by atoms with E-state index in [-0.39, 0.29) is 30.1 Å². The van der Waals surface area contributed by atoms with Gasteiger partial charge in [0.15, 0.2) is 0 Å². The summed E-state index contributed by atoms with van der Waals surface area (Å²) in [5.41, 5.74) is 0.103. The van der Waals surface area contributed by atoms with Gasteiger partial charge in [0.25, 0.3) is 0 Å². The van der Waals surface area contributed by atoms with Crippen molar-refractivity contribution in [2.75, 3.05) is 13.2 Å². The molecular formula is C12H13IO5. The second-order valence-corrected chi connectivity index (χ2v) is 4.45. The number of phenols is 1. The summed E-state index contributed by atoms with van der Waals surface area (Å²) in [4.78, 5) is 23.4. The van der Waals surface area contributed by atoms with Gasteiger partial charge in [0, 0.05) is 0 Å². The molecule has 0 aliphatic heterocycles. The van der Waals surface area contributed by atoms with Crippen LogP contribution in [0.4, 0.5) is 0 Å². The second-order valence-electron chi connectivity index (χ2n) is 3.29. The summed E-state index contributed by atoms with van der Waals surface area (Å²) >= 11 is 1.86. The van der Waals surface area contributed by atoms with Crippen molar-refractivity contribution in [1.82, 2.24) is 0 Å².